The molecule has 1 aromatic heterocycles. The summed E-state index contributed by atoms with van der Waals surface area (Å²) in [4.78, 5) is 4.19. The van der Waals surface area contributed by atoms with Gasteiger partial charge in [0.15, 0.2) is 6.23 Å². The highest BCUT2D eigenvalue weighted by molar-refractivity contribution is 9.10. The van der Waals surface area contributed by atoms with Gasteiger partial charge in [-0.3, -0.25) is 5.43 Å². The molecule has 1 aliphatic heterocycles. The molecule has 0 aliphatic carbocycles. The third-order valence-corrected chi connectivity index (χ3v) is 2.45. The first kappa shape index (κ1) is 9.89. The van der Waals surface area contributed by atoms with Crippen molar-refractivity contribution in [1.82, 2.24) is 15.8 Å². The van der Waals surface area contributed by atoms with Gasteiger partial charge in [0.1, 0.15) is 4.60 Å². The van der Waals surface area contributed by atoms with Crippen LogP contribution in [-0.4, -0.2) is 17.3 Å². The second-order valence-corrected chi connectivity index (χ2v) is 4.14. The lowest BCUT2D eigenvalue weighted by Crippen LogP contribution is -2.35. The monoisotopic (exact) mass is 257 g/mol. The largest absolute Gasteiger partial charge is 0.457 e. The first-order chi connectivity index (χ1) is 6.74. The van der Waals surface area contributed by atoms with E-state index < -0.39 is 0 Å². The average Bonchev–Trinajstić information content (AvgIpc) is 2.51. The van der Waals surface area contributed by atoms with E-state index >= 15 is 0 Å². The van der Waals surface area contributed by atoms with E-state index in [0.717, 1.165) is 11.0 Å². The Morgan fingerprint density at radius 2 is 2.36 bits per heavy atom. The normalized spacial score (nSPS) is 26.4. The number of hydrogen-bond donors (Lipinski definition) is 2. The molecule has 2 unspecified atom stereocenters. The van der Waals surface area contributed by atoms with Crippen LogP contribution in [0.25, 0.3) is 0 Å². The molecule has 1 saturated heterocycles. The zero-order valence-corrected chi connectivity index (χ0v) is 9.41. The Morgan fingerprint density at radius 1 is 1.50 bits per heavy atom. The molecule has 0 amide bonds. The molecule has 2 atom stereocenters. The molecule has 5 heteroatoms. The molecule has 1 fully saturated rings. The molecule has 0 saturated carbocycles. The molecule has 76 valence electrons. The van der Waals surface area contributed by atoms with Gasteiger partial charge in [-0.05, 0) is 28.9 Å². The zero-order chi connectivity index (χ0) is 9.97. The van der Waals surface area contributed by atoms with Crippen LogP contribution in [0.15, 0.2) is 22.8 Å². The Kier molecular flexibility index (Phi) is 3.00. The van der Waals surface area contributed by atoms with Crippen LogP contribution >= 0.6 is 15.9 Å². The molecule has 2 rings (SSSR count). The number of nitrogens with zero attached hydrogens (tertiary/aromatic N) is 1. The molecule has 2 heterocycles. The maximum Gasteiger partial charge on any atom is 0.215 e. The molecular formula is C9H12BrN3O. The molecular weight excluding hydrogens is 246 g/mol. The quantitative estimate of drug-likeness (QED) is 0.788. The zero-order valence-electron chi connectivity index (χ0n) is 7.83. The molecule has 4 nitrogen and oxygen atoms in total. The lowest BCUT2D eigenvalue weighted by molar-refractivity contribution is 0.172. The van der Waals surface area contributed by atoms with E-state index in [1.54, 1.807) is 0 Å². The first-order valence-electron chi connectivity index (χ1n) is 4.54. The summed E-state index contributed by atoms with van der Waals surface area (Å²) in [6.07, 6.45) is 0.945. The van der Waals surface area contributed by atoms with Gasteiger partial charge in [-0.1, -0.05) is 6.07 Å². The molecule has 0 radical (unpaired) electrons. The Labute approximate surface area is 91.2 Å². The molecule has 0 spiro atoms. The highest BCUT2D eigenvalue weighted by atomic mass is 79.9. The number of hydrogen-bond acceptors (Lipinski definition) is 4. The third kappa shape index (κ3) is 2.43. The second-order valence-electron chi connectivity index (χ2n) is 3.33. The van der Waals surface area contributed by atoms with Gasteiger partial charge >= 0.3 is 0 Å². The number of pyridine rings is 1. The number of ether oxygens (including phenoxy) is 1. The van der Waals surface area contributed by atoms with Crippen LogP contribution in [-0.2, 0) is 0 Å². The van der Waals surface area contributed by atoms with E-state index in [9.17, 15) is 0 Å². The van der Waals surface area contributed by atoms with Crippen LogP contribution < -0.4 is 15.6 Å². The minimum Gasteiger partial charge on any atom is -0.457 e. The second kappa shape index (κ2) is 4.25. The van der Waals surface area contributed by atoms with Crippen molar-refractivity contribution >= 4 is 15.9 Å². The van der Waals surface area contributed by atoms with Crippen LogP contribution in [0.3, 0.4) is 0 Å². The maximum atomic E-state index is 5.61. The topological polar surface area (TPSA) is 46.2 Å². The summed E-state index contributed by atoms with van der Waals surface area (Å²) >= 11 is 3.30. The van der Waals surface area contributed by atoms with Crippen molar-refractivity contribution in [2.45, 2.75) is 25.6 Å². The molecule has 0 bridgehead atoms. The summed E-state index contributed by atoms with van der Waals surface area (Å²) in [6, 6.07) is 6.05. The number of nitrogens with one attached hydrogen (secondary N) is 2. The third-order valence-electron chi connectivity index (χ3n) is 2.01. The molecule has 0 aromatic carbocycles. The van der Waals surface area contributed by atoms with Crippen molar-refractivity contribution < 1.29 is 4.74 Å². The fourth-order valence-corrected chi connectivity index (χ4v) is 1.68. The maximum absolute atomic E-state index is 5.61. The number of rotatable bonds is 2. The summed E-state index contributed by atoms with van der Waals surface area (Å²) in [5.74, 6) is 0.632. The predicted octanol–water partition coefficient (Wildman–Crippen LogP) is 1.44. The van der Waals surface area contributed by atoms with Crippen molar-refractivity contribution in [2.75, 3.05) is 0 Å². The predicted molar refractivity (Wildman–Crippen MR) is 56.7 cm³/mol. The van der Waals surface area contributed by atoms with Gasteiger partial charge in [-0.15, -0.1) is 0 Å². The van der Waals surface area contributed by atoms with Crippen molar-refractivity contribution in [1.29, 1.82) is 0 Å². The van der Waals surface area contributed by atoms with Gasteiger partial charge in [-0.2, -0.15) is 0 Å². The van der Waals surface area contributed by atoms with Gasteiger partial charge < -0.3 is 4.74 Å². The van der Waals surface area contributed by atoms with Gasteiger partial charge in [0.05, 0.1) is 0 Å². The van der Waals surface area contributed by atoms with Crippen molar-refractivity contribution in [3.05, 3.63) is 22.8 Å². The highest BCUT2D eigenvalue weighted by Crippen LogP contribution is 2.15. The van der Waals surface area contributed by atoms with Crippen LogP contribution in [0.5, 0.6) is 5.88 Å². The van der Waals surface area contributed by atoms with Gasteiger partial charge in [0.2, 0.25) is 5.88 Å². The lowest BCUT2D eigenvalue weighted by Gasteiger charge is -2.11. The van der Waals surface area contributed by atoms with Gasteiger partial charge in [0, 0.05) is 18.5 Å². The Morgan fingerprint density at radius 3 is 3.00 bits per heavy atom. The lowest BCUT2D eigenvalue weighted by atomic mass is 10.2. The summed E-state index contributed by atoms with van der Waals surface area (Å²) < 4.78 is 6.40. The summed E-state index contributed by atoms with van der Waals surface area (Å²) in [5, 5.41) is 0. The summed E-state index contributed by atoms with van der Waals surface area (Å²) in [7, 11) is 0. The van der Waals surface area contributed by atoms with E-state index in [1.165, 1.54) is 0 Å². The van der Waals surface area contributed by atoms with Gasteiger partial charge in [0.25, 0.3) is 0 Å². The fraction of sp³-hybridized carbons (Fsp3) is 0.444. The van der Waals surface area contributed by atoms with E-state index in [0.29, 0.717) is 11.9 Å². The number of aromatic nitrogens is 1. The SMILES string of the molecule is CC1CC(Oc2cccc(Br)n2)NN1. The Bertz CT molecular complexity index is 321. The van der Waals surface area contributed by atoms with Crippen molar-refractivity contribution in [3.63, 3.8) is 0 Å². The first-order valence-corrected chi connectivity index (χ1v) is 5.33. The van der Waals surface area contributed by atoms with E-state index in [-0.39, 0.29) is 6.23 Å². The van der Waals surface area contributed by atoms with Crippen LogP contribution in [0.1, 0.15) is 13.3 Å². The van der Waals surface area contributed by atoms with Gasteiger partial charge in [-0.25, -0.2) is 10.4 Å². The van der Waals surface area contributed by atoms with Crippen LogP contribution in [0.2, 0.25) is 0 Å². The van der Waals surface area contributed by atoms with Crippen molar-refractivity contribution in [3.8, 4) is 5.88 Å². The van der Waals surface area contributed by atoms with E-state index in [2.05, 4.69) is 38.7 Å². The standard InChI is InChI=1S/C9H12BrN3O/c1-6-5-9(13-12-6)14-8-4-2-3-7(10)11-8/h2-4,6,9,12-13H,5H2,1H3. The Balaban J connectivity index is 1.97. The minimum absolute atomic E-state index is 0.00630. The Hall–Kier alpha value is -0.650. The van der Waals surface area contributed by atoms with Crippen LogP contribution in [0, 0.1) is 0 Å². The van der Waals surface area contributed by atoms with Crippen molar-refractivity contribution in [2.24, 2.45) is 0 Å². The van der Waals surface area contributed by atoms with Crippen LogP contribution in [0.4, 0.5) is 0 Å². The van der Waals surface area contributed by atoms with E-state index in [1.807, 2.05) is 18.2 Å². The average molecular weight is 258 g/mol. The number of halogens is 1. The minimum atomic E-state index is 0.00630. The summed E-state index contributed by atoms with van der Waals surface area (Å²) in [5.41, 5.74) is 6.14. The molecule has 1 aliphatic rings. The fourth-order valence-electron chi connectivity index (χ4n) is 1.35. The number of hydrazine groups is 1. The van der Waals surface area contributed by atoms with E-state index in [4.69, 9.17) is 4.74 Å². The molecule has 2 N–H and O–H groups in total. The summed E-state index contributed by atoms with van der Waals surface area (Å²) in [6.45, 7) is 2.10. The highest BCUT2D eigenvalue weighted by Gasteiger charge is 2.21. The smallest absolute Gasteiger partial charge is 0.215 e. The molecule has 1 aromatic rings. The molecule has 14 heavy (non-hydrogen) atoms.